The molecule has 3 heterocycles. The Morgan fingerprint density at radius 1 is 1.10 bits per heavy atom. The van der Waals surface area contributed by atoms with E-state index in [-0.39, 0.29) is 17.9 Å². The number of piperidine rings is 1. The number of amides is 4. The van der Waals surface area contributed by atoms with Crippen molar-refractivity contribution >= 4 is 35.2 Å². The van der Waals surface area contributed by atoms with Gasteiger partial charge in [-0.25, -0.2) is 4.79 Å². The number of benzene rings is 1. The van der Waals surface area contributed by atoms with Gasteiger partial charge in [0.25, 0.3) is 0 Å². The number of nitrogens with zero attached hydrogens (tertiary/aromatic N) is 2. The summed E-state index contributed by atoms with van der Waals surface area (Å²) in [5, 5.41) is 5.36. The van der Waals surface area contributed by atoms with E-state index in [4.69, 9.17) is 4.74 Å². The zero-order valence-corrected chi connectivity index (χ0v) is 17.0. The maximum absolute atomic E-state index is 12.3. The van der Waals surface area contributed by atoms with Crippen LogP contribution in [0.15, 0.2) is 12.1 Å². The molecule has 1 saturated heterocycles. The smallest absolute Gasteiger partial charge is 0.409 e. The lowest BCUT2D eigenvalue weighted by Crippen LogP contribution is -2.43. The Balaban J connectivity index is 1.30. The molecule has 0 bridgehead atoms. The average molecular weight is 414 g/mol. The van der Waals surface area contributed by atoms with Gasteiger partial charge >= 0.3 is 17.9 Å². The summed E-state index contributed by atoms with van der Waals surface area (Å²) in [4.78, 5) is 51.7. The zero-order chi connectivity index (χ0) is 21.3. The van der Waals surface area contributed by atoms with E-state index in [1.807, 2.05) is 11.0 Å². The molecule has 1 aromatic carbocycles. The minimum Gasteiger partial charge on any atom is -0.453 e. The van der Waals surface area contributed by atoms with Crippen LogP contribution in [0.4, 0.5) is 16.2 Å². The van der Waals surface area contributed by atoms with Crippen molar-refractivity contribution in [2.75, 3.05) is 43.5 Å². The number of nitrogens with one attached hydrogen (secondary N) is 2. The van der Waals surface area contributed by atoms with Gasteiger partial charge in [-0.3, -0.25) is 14.4 Å². The second-order valence-corrected chi connectivity index (χ2v) is 8.03. The molecule has 0 aromatic heterocycles. The van der Waals surface area contributed by atoms with Crippen molar-refractivity contribution in [3.05, 3.63) is 23.3 Å². The number of hydrogen-bond acceptors (Lipinski definition) is 5. The summed E-state index contributed by atoms with van der Waals surface area (Å²) < 4.78 is 4.71. The average Bonchev–Trinajstić information content (AvgIpc) is 3.08. The van der Waals surface area contributed by atoms with E-state index in [0.29, 0.717) is 31.7 Å². The fourth-order valence-corrected chi connectivity index (χ4v) is 4.51. The molecule has 2 N–H and O–H groups in total. The fraction of sp³-hybridized carbons (Fsp3) is 0.524. The second-order valence-electron chi connectivity index (χ2n) is 8.03. The molecule has 1 fully saturated rings. The molecule has 3 aliphatic rings. The summed E-state index contributed by atoms with van der Waals surface area (Å²) in [5.74, 6) is -1.10. The molecule has 0 radical (unpaired) electrons. The molecule has 0 spiro atoms. The van der Waals surface area contributed by atoms with Gasteiger partial charge in [0.2, 0.25) is 5.91 Å². The largest absolute Gasteiger partial charge is 0.453 e. The van der Waals surface area contributed by atoms with Crippen LogP contribution < -0.4 is 15.5 Å². The van der Waals surface area contributed by atoms with Crippen LogP contribution in [0.3, 0.4) is 0 Å². The van der Waals surface area contributed by atoms with Gasteiger partial charge in [-0.2, -0.15) is 0 Å². The van der Waals surface area contributed by atoms with Crippen molar-refractivity contribution in [2.45, 2.75) is 32.1 Å². The highest BCUT2D eigenvalue weighted by atomic mass is 16.5. The fourth-order valence-electron chi connectivity index (χ4n) is 4.51. The second kappa shape index (κ2) is 8.33. The zero-order valence-electron chi connectivity index (χ0n) is 17.0. The van der Waals surface area contributed by atoms with Crippen LogP contribution in [-0.4, -0.2) is 62.0 Å². The molecule has 4 rings (SSSR count). The third-order valence-corrected chi connectivity index (χ3v) is 6.07. The van der Waals surface area contributed by atoms with Crippen LogP contribution in [0.25, 0.3) is 0 Å². The van der Waals surface area contributed by atoms with Crippen LogP contribution in [0, 0.1) is 5.92 Å². The van der Waals surface area contributed by atoms with Crippen LogP contribution in [0.1, 0.15) is 30.4 Å². The number of rotatable bonds is 3. The first-order valence-electron chi connectivity index (χ1n) is 10.3. The Morgan fingerprint density at radius 3 is 2.57 bits per heavy atom. The van der Waals surface area contributed by atoms with Gasteiger partial charge in [0.1, 0.15) is 0 Å². The quantitative estimate of drug-likeness (QED) is 0.719. The molecule has 1 aromatic rings. The Morgan fingerprint density at radius 2 is 1.83 bits per heavy atom. The van der Waals surface area contributed by atoms with Gasteiger partial charge in [0.15, 0.2) is 0 Å². The standard InChI is InChI=1S/C21H26N4O5/c1-30-21(29)24-7-4-13(5-8-24)12-22-19(27)20(28)23-16-9-14-3-2-6-25-17(26)11-15(10-16)18(14)25/h9-10,13H,2-8,11-12H2,1H3,(H,22,27)(H,23,28). The van der Waals surface area contributed by atoms with Crippen molar-refractivity contribution in [3.8, 4) is 0 Å². The SMILES string of the molecule is COC(=O)N1CCC(CNC(=O)C(=O)Nc2cc3c4c(c2)CC(=O)N4CCC3)CC1. The van der Waals surface area contributed by atoms with Gasteiger partial charge in [-0.15, -0.1) is 0 Å². The van der Waals surface area contributed by atoms with Crippen molar-refractivity contribution in [2.24, 2.45) is 5.92 Å². The van der Waals surface area contributed by atoms with E-state index in [0.717, 1.165) is 49.0 Å². The van der Waals surface area contributed by atoms with Gasteiger partial charge in [0, 0.05) is 31.9 Å². The summed E-state index contributed by atoms with van der Waals surface area (Å²) in [7, 11) is 1.36. The molecule has 3 aliphatic heterocycles. The number of carbonyl (C=O) groups excluding carboxylic acids is 4. The lowest BCUT2D eigenvalue weighted by molar-refractivity contribution is -0.136. The molecule has 9 heteroatoms. The molecule has 0 unspecified atom stereocenters. The van der Waals surface area contributed by atoms with E-state index in [1.54, 1.807) is 11.0 Å². The minimum atomic E-state index is -0.717. The first-order chi connectivity index (χ1) is 14.5. The molecule has 9 nitrogen and oxygen atoms in total. The number of aryl methyl sites for hydroxylation is 1. The Kier molecular flexibility index (Phi) is 5.61. The van der Waals surface area contributed by atoms with Gasteiger partial charge in [0.05, 0.1) is 19.2 Å². The Bertz CT molecular complexity index is 892. The number of ether oxygens (including phenoxy) is 1. The monoisotopic (exact) mass is 414 g/mol. The lowest BCUT2D eigenvalue weighted by atomic mass is 9.97. The predicted molar refractivity (Wildman–Crippen MR) is 109 cm³/mol. The number of anilines is 2. The highest BCUT2D eigenvalue weighted by molar-refractivity contribution is 6.39. The molecule has 160 valence electrons. The van der Waals surface area contributed by atoms with Crippen LogP contribution in [0.2, 0.25) is 0 Å². The Labute approximate surface area is 174 Å². The van der Waals surface area contributed by atoms with Crippen molar-refractivity contribution in [1.82, 2.24) is 10.2 Å². The summed E-state index contributed by atoms with van der Waals surface area (Å²) in [6, 6.07) is 3.65. The summed E-state index contributed by atoms with van der Waals surface area (Å²) in [5.41, 5.74) is 3.47. The van der Waals surface area contributed by atoms with Gasteiger partial charge < -0.3 is 25.2 Å². The molecule has 0 aliphatic carbocycles. The number of methoxy groups -OCH3 is 1. The lowest BCUT2D eigenvalue weighted by Gasteiger charge is -2.30. The predicted octanol–water partition coefficient (Wildman–Crippen LogP) is 1.05. The third kappa shape index (κ3) is 3.96. The van der Waals surface area contributed by atoms with Gasteiger partial charge in [-0.05, 0) is 54.9 Å². The van der Waals surface area contributed by atoms with Crippen LogP contribution in [0.5, 0.6) is 0 Å². The minimum absolute atomic E-state index is 0.0883. The molecular formula is C21H26N4O5. The number of hydrogen-bond donors (Lipinski definition) is 2. The third-order valence-electron chi connectivity index (χ3n) is 6.07. The summed E-state index contributed by atoms with van der Waals surface area (Å²) in [6.45, 7) is 2.28. The molecule has 0 saturated carbocycles. The van der Waals surface area contributed by atoms with Gasteiger partial charge in [-0.1, -0.05) is 0 Å². The van der Waals surface area contributed by atoms with Crippen molar-refractivity contribution < 1.29 is 23.9 Å². The Hall–Kier alpha value is -3.10. The number of likely N-dealkylation sites (tertiary alicyclic amines) is 1. The first kappa shape index (κ1) is 20.2. The topological polar surface area (TPSA) is 108 Å². The highest BCUT2D eigenvalue weighted by Gasteiger charge is 2.32. The molecule has 0 atom stereocenters. The van der Waals surface area contributed by atoms with E-state index in [2.05, 4.69) is 10.6 Å². The maximum Gasteiger partial charge on any atom is 0.409 e. The van der Waals surface area contributed by atoms with E-state index >= 15 is 0 Å². The first-order valence-corrected chi connectivity index (χ1v) is 10.3. The normalized spacial score (nSPS) is 18.1. The van der Waals surface area contributed by atoms with Crippen molar-refractivity contribution in [1.29, 1.82) is 0 Å². The number of carbonyl (C=O) groups is 4. The molecule has 4 amide bonds. The maximum atomic E-state index is 12.3. The van der Waals surface area contributed by atoms with Crippen LogP contribution in [-0.2, 0) is 32.0 Å². The van der Waals surface area contributed by atoms with E-state index in [1.165, 1.54) is 7.11 Å². The van der Waals surface area contributed by atoms with E-state index < -0.39 is 11.8 Å². The molecule has 30 heavy (non-hydrogen) atoms. The van der Waals surface area contributed by atoms with E-state index in [9.17, 15) is 19.2 Å². The highest BCUT2D eigenvalue weighted by Crippen LogP contribution is 2.38. The van der Waals surface area contributed by atoms with Crippen molar-refractivity contribution in [3.63, 3.8) is 0 Å². The molecular weight excluding hydrogens is 388 g/mol. The summed E-state index contributed by atoms with van der Waals surface area (Å²) >= 11 is 0. The van der Waals surface area contributed by atoms with Crippen LogP contribution >= 0.6 is 0 Å². The summed E-state index contributed by atoms with van der Waals surface area (Å²) in [6.07, 6.45) is 3.24.